The maximum Gasteiger partial charge on any atom is 0.273 e. The van der Waals surface area contributed by atoms with E-state index in [4.69, 9.17) is 11.6 Å². The van der Waals surface area contributed by atoms with E-state index in [9.17, 15) is 4.79 Å². The normalized spacial score (nSPS) is 10.7. The first-order chi connectivity index (χ1) is 6.74. The maximum absolute atomic E-state index is 11.1. The van der Waals surface area contributed by atoms with Crippen LogP contribution in [0.3, 0.4) is 0 Å². The van der Waals surface area contributed by atoms with E-state index in [1.807, 2.05) is 31.2 Å². The molecule has 0 saturated heterocycles. The molecule has 2 aromatic rings. The number of carbonyl (C=O) groups excluding carboxylic acids is 1. The Hall–Kier alpha value is -1.35. The van der Waals surface area contributed by atoms with Gasteiger partial charge < -0.3 is 0 Å². The third-order valence-electron chi connectivity index (χ3n) is 2.14. The Morgan fingerprint density at radius 2 is 2.21 bits per heavy atom. The molecule has 0 radical (unpaired) electrons. The molecule has 0 aliphatic heterocycles. The summed E-state index contributed by atoms with van der Waals surface area (Å²) in [5, 5.41) is 4.45. The minimum absolute atomic E-state index is 0.337. The third-order valence-corrected chi connectivity index (χ3v) is 2.32. The van der Waals surface area contributed by atoms with Crippen LogP contribution < -0.4 is 0 Å². The Kier molecular flexibility index (Phi) is 2.25. The van der Waals surface area contributed by atoms with Crippen molar-refractivity contribution in [2.45, 2.75) is 13.5 Å². The molecule has 14 heavy (non-hydrogen) atoms. The van der Waals surface area contributed by atoms with Crippen LogP contribution in [-0.4, -0.2) is 15.0 Å². The standard InChI is InChI=1S/C10H9ClN2O/c1-2-13-8-6-4-3-5-7(8)9(12-13)10(11)14/h3-6H,2H2,1H3. The molecule has 0 aliphatic carbocycles. The van der Waals surface area contributed by atoms with Crippen LogP contribution in [0, 0.1) is 0 Å². The van der Waals surface area contributed by atoms with E-state index in [0.29, 0.717) is 5.69 Å². The topological polar surface area (TPSA) is 34.9 Å². The van der Waals surface area contributed by atoms with Crippen molar-refractivity contribution in [3.8, 4) is 0 Å². The Bertz CT molecular complexity index is 490. The molecule has 1 aromatic heterocycles. The van der Waals surface area contributed by atoms with Crippen molar-refractivity contribution in [3.63, 3.8) is 0 Å². The van der Waals surface area contributed by atoms with Crippen molar-refractivity contribution in [2.75, 3.05) is 0 Å². The van der Waals surface area contributed by atoms with Crippen LogP contribution in [0.4, 0.5) is 0 Å². The van der Waals surface area contributed by atoms with Crippen molar-refractivity contribution in [3.05, 3.63) is 30.0 Å². The second-order valence-corrected chi connectivity index (χ2v) is 3.30. The number of carbonyl (C=O) groups is 1. The molecular formula is C10H9ClN2O. The fourth-order valence-corrected chi connectivity index (χ4v) is 1.65. The number of halogens is 1. The number of rotatable bonds is 2. The largest absolute Gasteiger partial charge is 0.274 e. The third kappa shape index (κ3) is 1.30. The zero-order valence-corrected chi connectivity index (χ0v) is 8.45. The smallest absolute Gasteiger partial charge is 0.273 e. The van der Waals surface area contributed by atoms with E-state index in [2.05, 4.69) is 5.10 Å². The van der Waals surface area contributed by atoms with Crippen molar-refractivity contribution in [1.29, 1.82) is 0 Å². The number of benzene rings is 1. The molecule has 0 fully saturated rings. The van der Waals surface area contributed by atoms with Crippen LogP contribution in [0.25, 0.3) is 10.9 Å². The lowest BCUT2D eigenvalue weighted by Gasteiger charge is -1.95. The number of aryl methyl sites for hydroxylation is 1. The zero-order valence-electron chi connectivity index (χ0n) is 7.70. The average Bonchev–Trinajstić information content (AvgIpc) is 2.56. The van der Waals surface area contributed by atoms with Gasteiger partial charge in [-0.25, -0.2) is 0 Å². The Labute approximate surface area is 86.3 Å². The summed E-state index contributed by atoms with van der Waals surface area (Å²) < 4.78 is 1.77. The Morgan fingerprint density at radius 1 is 1.50 bits per heavy atom. The quantitative estimate of drug-likeness (QED) is 0.711. The van der Waals surface area contributed by atoms with Gasteiger partial charge in [0.2, 0.25) is 0 Å². The van der Waals surface area contributed by atoms with E-state index in [1.54, 1.807) is 4.68 Å². The van der Waals surface area contributed by atoms with E-state index >= 15 is 0 Å². The molecule has 1 heterocycles. The summed E-state index contributed by atoms with van der Waals surface area (Å²) in [6.45, 7) is 2.70. The van der Waals surface area contributed by atoms with E-state index < -0.39 is 5.24 Å². The highest BCUT2D eigenvalue weighted by atomic mass is 35.5. The van der Waals surface area contributed by atoms with Gasteiger partial charge in [0.15, 0.2) is 5.69 Å². The van der Waals surface area contributed by atoms with Gasteiger partial charge in [-0.3, -0.25) is 9.48 Å². The zero-order chi connectivity index (χ0) is 10.1. The van der Waals surface area contributed by atoms with Gasteiger partial charge in [0.1, 0.15) is 0 Å². The van der Waals surface area contributed by atoms with Crippen LogP contribution >= 0.6 is 11.6 Å². The highest BCUT2D eigenvalue weighted by Crippen LogP contribution is 2.19. The van der Waals surface area contributed by atoms with Crippen molar-refractivity contribution >= 4 is 27.7 Å². The summed E-state index contributed by atoms with van der Waals surface area (Å²) in [5.41, 5.74) is 1.28. The molecule has 4 heteroatoms. The first-order valence-electron chi connectivity index (χ1n) is 4.39. The molecule has 1 aromatic carbocycles. The first kappa shape index (κ1) is 9.21. The summed E-state index contributed by atoms with van der Waals surface area (Å²) in [6.07, 6.45) is 0. The van der Waals surface area contributed by atoms with Gasteiger partial charge in [0.25, 0.3) is 5.24 Å². The summed E-state index contributed by atoms with van der Waals surface area (Å²) >= 11 is 5.44. The number of aromatic nitrogens is 2. The van der Waals surface area contributed by atoms with Gasteiger partial charge in [-0.15, -0.1) is 0 Å². The second kappa shape index (κ2) is 3.42. The first-order valence-corrected chi connectivity index (χ1v) is 4.77. The van der Waals surface area contributed by atoms with Crippen LogP contribution in [0.15, 0.2) is 24.3 Å². The van der Waals surface area contributed by atoms with Gasteiger partial charge in [-0.05, 0) is 24.6 Å². The predicted octanol–water partition coefficient (Wildman–Crippen LogP) is 2.44. The van der Waals surface area contributed by atoms with Crippen LogP contribution in [0.2, 0.25) is 0 Å². The fourth-order valence-electron chi connectivity index (χ4n) is 1.51. The highest BCUT2D eigenvalue weighted by molar-refractivity contribution is 6.68. The SMILES string of the molecule is CCn1nc(C(=O)Cl)c2ccccc21. The van der Waals surface area contributed by atoms with Crippen molar-refractivity contribution in [2.24, 2.45) is 0 Å². The van der Waals surface area contributed by atoms with Crippen molar-refractivity contribution in [1.82, 2.24) is 9.78 Å². The van der Waals surface area contributed by atoms with Crippen LogP contribution in [-0.2, 0) is 6.54 Å². The van der Waals surface area contributed by atoms with E-state index in [-0.39, 0.29) is 0 Å². The van der Waals surface area contributed by atoms with Gasteiger partial charge in [0.05, 0.1) is 5.52 Å². The molecule has 0 amide bonds. The predicted molar refractivity (Wildman–Crippen MR) is 55.6 cm³/mol. The van der Waals surface area contributed by atoms with Gasteiger partial charge in [-0.1, -0.05) is 18.2 Å². The highest BCUT2D eigenvalue weighted by Gasteiger charge is 2.13. The number of fused-ring (bicyclic) bond motifs is 1. The fraction of sp³-hybridized carbons (Fsp3) is 0.200. The molecular weight excluding hydrogens is 200 g/mol. The van der Waals surface area contributed by atoms with E-state index in [1.165, 1.54) is 0 Å². The van der Waals surface area contributed by atoms with Crippen molar-refractivity contribution < 1.29 is 4.79 Å². The lowest BCUT2D eigenvalue weighted by atomic mass is 10.2. The molecule has 72 valence electrons. The molecule has 2 rings (SSSR count). The van der Waals surface area contributed by atoms with Crippen LogP contribution in [0.5, 0.6) is 0 Å². The lowest BCUT2D eigenvalue weighted by molar-refractivity contribution is 0.107. The molecule has 0 bridgehead atoms. The number of nitrogens with zero attached hydrogens (tertiary/aromatic N) is 2. The Balaban J connectivity index is 2.80. The summed E-state index contributed by atoms with van der Waals surface area (Å²) in [7, 11) is 0. The molecule has 0 atom stereocenters. The van der Waals surface area contributed by atoms with E-state index in [0.717, 1.165) is 17.4 Å². The number of hydrogen-bond donors (Lipinski definition) is 0. The molecule has 0 saturated carbocycles. The van der Waals surface area contributed by atoms with Gasteiger partial charge in [-0.2, -0.15) is 5.10 Å². The number of hydrogen-bond acceptors (Lipinski definition) is 2. The summed E-state index contributed by atoms with van der Waals surface area (Å²) in [6, 6.07) is 7.56. The molecule has 0 spiro atoms. The molecule has 0 aliphatic rings. The Morgan fingerprint density at radius 3 is 2.86 bits per heavy atom. The number of para-hydroxylation sites is 1. The maximum atomic E-state index is 11.1. The molecule has 3 nitrogen and oxygen atoms in total. The lowest BCUT2D eigenvalue weighted by Crippen LogP contribution is -1.98. The molecule has 0 unspecified atom stereocenters. The summed E-state index contributed by atoms with van der Waals surface area (Å²) in [5.74, 6) is 0. The second-order valence-electron chi connectivity index (χ2n) is 2.96. The summed E-state index contributed by atoms with van der Waals surface area (Å²) in [4.78, 5) is 11.1. The minimum atomic E-state index is -0.506. The average molecular weight is 209 g/mol. The molecule has 0 N–H and O–H groups in total. The monoisotopic (exact) mass is 208 g/mol. The minimum Gasteiger partial charge on any atom is -0.274 e. The van der Waals surface area contributed by atoms with Crippen LogP contribution in [0.1, 0.15) is 17.4 Å². The van der Waals surface area contributed by atoms with Gasteiger partial charge in [0, 0.05) is 11.9 Å². The van der Waals surface area contributed by atoms with Gasteiger partial charge >= 0.3 is 0 Å².